The lowest BCUT2D eigenvalue weighted by molar-refractivity contribution is -0.0514. The van der Waals surface area contributed by atoms with Gasteiger partial charge in [-0.05, 0) is 38.0 Å². The van der Waals surface area contributed by atoms with Gasteiger partial charge in [0.1, 0.15) is 0 Å². The molecule has 1 aromatic rings. The third-order valence-electron chi connectivity index (χ3n) is 2.99. The summed E-state index contributed by atoms with van der Waals surface area (Å²) in [4.78, 5) is 0. The van der Waals surface area contributed by atoms with Gasteiger partial charge >= 0.3 is 6.61 Å². The molecule has 0 saturated heterocycles. The van der Waals surface area contributed by atoms with E-state index in [1.54, 1.807) is 19.1 Å². The Morgan fingerprint density at radius 1 is 1.30 bits per heavy atom. The summed E-state index contributed by atoms with van der Waals surface area (Å²) in [5, 5.41) is 9.08. The van der Waals surface area contributed by atoms with Gasteiger partial charge in [0.15, 0.2) is 11.5 Å². The van der Waals surface area contributed by atoms with E-state index in [0.29, 0.717) is 13.0 Å². The summed E-state index contributed by atoms with van der Waals surface area (Å²) in [5.41, 5.74) is 6.73. The highest BCUT2D eigenvalue weighted by molar-refractivity contribution is 5.44. The summed E-state index contributed by atoms with van der Waals surface area (Å²) in [6.45, 7) is 1.04. The Morgan fingerprint density at radius 3 is 2.50 bits per heavy atom. The standard InChI is InChI=1S/C14H21F2NO3/c1-3-19-13-8-10(11(6-7-18)9(2)17)4-5-12(13)20-14(15)16/h4-5,8-9,11,14,18H,3,6-7,17H2,1-2H3. The molecule has 2 unspecified atom stereocenters. The van der Waals surface area contributed by atoms with Crippen LogP contribution in [-0.2, 0) is 0 Å². The molecule has 0 saturated carbocycles. The highest BCUT2D eigenvalue weighted by atomic mass is 19.3. The van der Waals surface area contributed by atoms with Crippen molar-refractivity contribution >= 4 is 0 Å². The fourth-order valence-electron chi connectivity index (χ4n) is 2.09. The molecular formula is C14H21F2NO3. The number of hydrogen-bond donors (Lipinski definition) is 2. The van der Waals surface area contributed by atoms with Crippen molar-refractivity contribution in [1.29, 1.82) is 0 Å². The smallest absolute Gasteiger partial charge is 0.387 e. The number of halogens is 2. The van der Waals surface area contributed by atoms with E-state index >= 15 is 0 Å². The third kappa shape index (κ3) is 4.61. The first-order valence-corrected chi connectivity index (χ1v) is 6.57. The Kier molecular flexibility index (Phi) is 6.67. The van der Waals surface area contributed by atoms with E-state index in [9.17, 15) is 8.78 Å². The first kappa shape index (κ1) is 16.7. The minimum Gasteiger partial charge on any atom is -0.490 e. The molecule has 0 heterocycles. The molecular weight excluding hydrogens is 268 g/mol. The Bertz CT molecular complexity index is 413. The summed E-state index contributed by atoms with van der Waals surface area (Å²) < 4.78 is 34.4. The summed E-state index contributed by atoms with van der Waals surface area (Å²) >= 11 is 0. The molecule has 0 aliphatic carbocycles. The first-order valence-electron chi connectivity index (χ1n) is 6.57. The van der Waals surface area contributed by atoms with Crippen LogP contribution in [0.4, 0.5) is 8.78 Å². The molecule has 0 aliphatic heterocycles. The normalized spacial score (nSPS) is 14.2. The van der Waals surface area contributed by atoms with E-state index in [0.717, 1.165) is 5.56 Å². The topological polar surface area (TPSA) is 64.7 Å². The quantitative estimate of drug-likeness (QED) is 0.771. The van der Waals surface area contributed by atoms with Gasteiger partial charge in [0, 0.05) is 18.6 Å². The number of nitrogens with two attached hydrogens (primary N) is 1. The van der Waals surface area contributed by atoms with Crippen molar-refractivity contribution < 1.29 is 23.4 Å². The number of rotatable bonds is 8. The van der Waals surface area contributed by atoms with E-state index in [2.05, 4.69) is 4.74 Å². The van der Waals surface area contributed by atoms with Crippen LogP contribution >= 0.6 is 0 Å². The van der Waals surface area contributed by atoms with Crippen molar-refractivity contribution in [2.24, 2.45) is 5.73 Å². The average molecular weight is 289 g/mol. The lowest BCUT2D eigenvalue weighted by atomic mass is 9.90. The lowest BCUT2D eigenvalue weighted by Crippen LogP contribution is -2.25. The van der Waals surface area contributed by atoms with Crippen LogP contribution in [0.15, 0.2) is 18.2 Å². The molecule has 0 aliphatic rings. The van der Waals surface area contributed by atoms with Gasteiger partial charge in [-0.3, -0.25) is 0 Å². The van der Waals surface area contributed by atoms with Gasteiger partial charge in [0.25, 0.3) is 0 Å². The van der Waals surface area contributed by atoms with Crippen LogP contribution in [0.25, 0.3) is 0 Å². The van der Waals surface area contributed by atoms with Crippen LogP contribution in [0.3, 0.4) is 0 Å². The molecule has 4 nitrogen and oxygen atoms in total. The van der Waals surface area contributed by atoms with E-state index in [1.165, 1.54) is 6.07 Å². The van der Waals surface area contributed by atoms with Crippen LogP contribution in [0.1, 0.15) is 31.7 Å². The second-order valence-electron chi connectivity index (χ2n) is 4.50. The number of benzene rings is 1. The average Bonchev–Trinajstić information content (AvgIpc) is 2.37. The van der Waals surface area contributed by atoms with Gasteiger partial charge in [0.2, 0.25) is 0 Å². The van der Waals surface area contributed by atoms with Gasteiger partial charge in [-0.15, -0.1) is 0 Å². The summed E-state index contributed by atoms with van der Waals surface area (Å²) in [6.07, 6.45) is 0.498. The maximum atomic E-state index is 12.3. The molecule has 1 rings (SSSR count). The van der Waals surface area contributed by atoms with Crippen molar-refractivity contribution in [1.82, 2.24) is 0 Å². The highest BCUT2D eigenvalue weighted by Gasteiger charge is 2.19. The van der Waals surface area contributed by atoms with Gasteiger partial charge in [0.05, 0.1) is 6.61 Å². The molecule has 0 aromatic heterocycles. The largest absolute Gasteiger partial charge is 0.490 e. The fourth-order valence-corrected chi connectivity index (χ4v) is 2.09. The molecule has 0 spiro atoms. The van der Waals surface area contributed by atoms with Crippen LogP contribution in [-0.4, -0.2) is 31.0 Å². The van der Waals surface area contributed by atoms with Crippen LogP contribution in [0.2, 0.25) is 0 Å². The number of hydrogen-bond acceptors (Lipinski definition) is 4. The monoisotopic (exact) mass is 289 g/mol. The first-order chi connectivity index (χ1) is 9.49. The third-order valence-corrected chi connectivity index (χ3v) is 2.99. The Balaban J connectivity index is 3.06. The molecule has 0 fully saturated rings. The molecule has 2 atom stereocenters. The summed E-state index contributed by atoms with van der Waals surface area (Å²) in [7, 11) is 0. The summed E-state index contributed by atoms with van der Waals surface area (Å²) in [6, 6.07) is 4.59. The maximum Gasteiger partial charge on any atom is 0.387 e. The van der Waals surface area contributed by atoms with Crippen molar-refractivity contribution in [2.45, 2.75) is 38.8 Å². The van der Waals surface area contributed by atoms with Crippen LogP contribution in [0, 0.1) is 0 Å². The Morgan fingerprint density at radius 2 is 2.00 bits per heavy atom. The molecule has 0 radical (unpaired) electrons. The highest BCUT2D eigenvalue weighted by Crippen LogP contribution is 2.34. The predicted molar refractivity (Wildman–Crippen MR) is 72.3 cm³/mol. The molecule has 0 amide bonds. The zero-order valence-corrected chi connectivity index (χ0v) is 11.7. The summed E-state index contributed by atoms with van der Waals surface area (Å²) in [5.74, 6) is 0.187. The van der Waals surface area contributed by atoms with E-state index < -0.39 is 6.61 Å². The Labute approximate surface area is 117 Å². The van der Waals surface area contributed by atoms with E-state index in [1.807, 2.05) is 6.92 Å². The van der Waals surface area contributed by atoms with Gasteiger partial charge in [-0.25, -0.2) is 0 Å². The minimum atomic E-state index is -2.90. The number of aliphatic hydroxyl groups excluding tert-OH is 1. The van der Waals surface area contributed by atoms with Gasteiger partial charge in [-0.2, -0.15) is 8.78 Å². The van der Waals surface area contributed by atoms with Crippen molar-refractivity contribution in [3.63, 3.8) is 0 Å². The molecule has 20 heavy (non-hydrogen) atoms. The Hall–Kier alpha value is -1.40. The zero-order chi connectivity index (χ0) is 15.1. The van der Waals surface area contributed by atoms with E-state index in [-0.39, 0.29) is 30.1 Å². The second kappa shape index (κ2) is 8.01. The fraction of sp³-hybridized carbons (Fsp3) is 0.571. The zero-order valence-electron chi connectivity index (χ0n) is 11.7. The van der Waals surface area contributed by atoms with Crippen molar-refractivity contribution in [2.75, 3.05) is 13.2 Å². The molecule has 114 valence electrons. The predicted octanol–water partition coefficient (Wildman–Crippen LogP) is 2.50. The number of alkyl halides is 2. The molecule has 3 N–H and O–H groups in total. The second-order valence-corrected chi connectivity index (χ2v) is 4.50. The van der Waals surface area contributed by atoms with Crippen molar-refractivity contribution in [3.8, 4) is 11.5 Å². The lowest BCUT2D eigenvalue weighted by Gasteiger charge is -2.22. The van der Waals surface area contributed by atoms with Crippen LogP contribution in [0.5, 0.6) is 11.5 Å². The molecule has 6 heteroatoms. The van der Waals surface area contributed by atoms with Gasteiger partial charge in [-0.1, -0.05) is 6.07 Å². The number of aliphatic hydroxyl groups is 1. The maximum absolute atomic E-state index is 12.3. The van der Waals surface area contributed by atoms with Gasteiger partial charge < -0.3 is 20.3 Å². The molecule has 0 bridgehead atoms. The number of ether oxygens (including phenoxy) is 2. The molecule has 1 aromatic carbocycles. The van der Waals surface area contributed by atoms with Crippen LogP contribution < -0.4 is 15.2 Å². The SMILES string of the molecule is CCOc1cc(C(CCO)C(C)N)ccc1OC(F)F. The van der Waals surface area contributed by atoms with Crippen molar-refractivity contribution in [3.05, 3.63) is 23.8 Å². The minimum absolute atomic E-state index is 0.00183. The van der Waals surface area contributed by atoms with E-state index in [4.69, 9.17) is 15.6 Å².